The van der Waals surface area contributed by atoms with E-state index in [2.05, 4.69) is 25.8 Å². The summed E-state index contributed by atoms with van der Waals surface area (Å²) in [7, 11) is 1.35. The molecule has 0 aliphatic rings. The van der Waals surface area contributed by atoms with E-state index in [9.17, 15) is 4.79 Å². The number of thioether (sulfide) groups is 1. The molecule has 1 unspecified atom stereocenters. The number of ether oxygens (including phenoxy) is 1. The molecule has 0 spiro atoms. The van der Waals surface area contributed by atoms with Gasteiger partial charge in [-0.25, -0.2) is 0 Å². The van der Waals surface area contributed by atoms with Gasteiger partial charge in [0.05, 0.1) is 23.0 Å². The van der Waals surface area contributed by atoms with Gasteiger partial charge >= 0.3 is 5.97 Å². The highest BCUT2D eigenvalue weighted by Crippen LogP contribution is 2.25. The van der Waals surface area contributed by atoms with Gasteiger partial charge < -0.3 is 10.5 Å². The fourth-order valence-corrected chi connectivity index (χ4v) is 3.11. The molecular formula is C11H18BrN3O2S. The number of esters is 1. The van der Waals surface area contributed by atoms with Gasteiger partial charge in [0.2, 0.25) is 0 Å². The Morgan fingerprint density at radius 1 is 1.67 bits per heavy atom. The SMILES string of the molecule is CCn1nc(C)c(Br)c1CSCC(N)C(=O)OC. The average Bonchev–Trinajstić information content (AvgIpc) is 2.65. The van der Waals surface area contributed by atoms with E-state index in [4.69, 9.17) is 5.73 Å². The Morgan fingerprint density at radius 2 is 2.33 bits per heavy atom. The van der Waals surface area contributed by atoms with Crippen molar-refractivity contribution in [1.82, 2.24) is 9.78 Å². The number of nitrogens with zero attached hydrogens (tertiary/aromatic N) is 2. The third kappa shape index (κ3) is 3.73. The topological polar surface area (TPSA) is 70.1 Å². The summed E-state index contributed by atoms with van der Waals surface area (Å²) in [4.78, 5) is 11.2. The molecule has 18 heavy (non-hydrogen) atoms. The zero-order chi connectivity index (χ0) is 13.7. The molecule has 0 saturated carbocycles. The summed E-state index contributed by atoms with van der Waals surface area (Å²) in [6.45, 7) is 4.84. The number of carbonyl (C=O) groups is 1. The zero-order valence-electron chi connectivity index (χ0n) is 10.8. The zero-order valence-corrected chi connectivity index (χ0v) is 13.2. The lowest BCUT2D eigenvalue weighted by molar-refractivity contribution is -0.141. The average molecular weight is 336 g/mol. The smallest absolute Gasteiger partial charge is 0.323 e. The molecule has 0 saturated heterocycles. The molecule has 5 nitrogen and oxygen atoms in total. The first-order valence-electron chi connectivity index (χ1n) is 5.64. The Hall–Kier alpha value is -0.530. The van der Waals surface area contributed by atoms with Crippen molar-refractivity contribution in [3.8, 4) is 0 Å². The number of hydrogen-bond donors (Lipinski definition) is 1. The summed E-state index contributed by atoms with van der Waals surface area (Å²) in [5.74, 6) is 0.925. The second-order valence-corrected chi connectivity index (χ2v) is 5.63. The molecule has 0 amide bonds. The molecule has 2 N–H and O–H groups in total. The van der Waals surface area contributed by atoms with Crippen LogP contribution in [0.5, 0.6) is 0 Å². The molecule has 1 atom stereocenters. The second kappa shape index (κ2) is 7.16. The standard InChI is InChI=1S/C11H18BrN3O2S/c1-4-15-9(10(12)7(2)14-15)6-18-5-8(13)11(16)17-3/h8H,4-6,13H2,1-3H3. The van der Waals surface area contributed by atoms with Crippen LogP contribution >= 0.6 is 27.7 Å². The third-order valence-electron chi connectivity index (χ3n) is 2.49. The van der Waals surface area contributed by atoms with Gasteiger partial charge in [-0.05, 0) is 29.8 Å². The molecule has 0 radical (unpaired) electrons. The van der Waals surface area contributed by atoms with Crippen LogP contribution in [0.2, 0.25) is 0 Å². The largest absolute Gasteiger partial charge is 0.468 e. The number of rotatable bonds is 6. The van der Waals surface area contributed by atoms with Crippen LogP contribution in [-0.4, -0.2) is 34.7 Å². The van der Waals surface area contributed by atoms with Gasteiger partial charge in [-0.2, -0.15) is 16.9 Å². The van der Waals surface area contributed by atoms with Crippen LogP contribution in [0.3, 0.4) is 0 Å². The van der Waals surface area contributed by atoms with Crippen LogP contribution < -0.4 is 5.73 Å². The second-order valence-electron chi connectivity index (χ2n) is 3.81. The lowest BCUT2D eigenvalue weighted by Gasteiger charge is -2.09. The predicted molar refractivity (Wildman–Crippen MR) is 76.5 cm³/mol. The van der Waals surface area contributed by atoms with Crippen molar-refractivity contribution in [2.75, 3.05) is 12.9 Å². The first-order chi connectivity index (χ1) is 8.51. The molecule has 0 fully saturated rings. The number of carbonyl (C=O) groups excluding carboxylic acids is 1. The molecule has 0 aliphatic carbocycles. The lowest BCUT2D eigenvalue weighted by atomic mass is 10.4. The van der Waals surface area contributed by atoms with E-state index in [1.165, 1.54) is 7.11 Å². The first-order valence-corrected chi connectivity index (χ1v) is 7.58. The Kier molecular flexibility index (Phi) is 6.17. The first kappa shape index (κ1) is 15.5. The summed E-state index contributed by atoms with van der Waals surface area (Å²) >= 11 is 5.13. The lowest BCUT2D eigenvalue weighted by Crippen LogP contribution is -2.33. The molecular weight excluding hydrogens is 318 g/mol. The van der Waals surface area contributed by atoms with Gasteiger partial charge in [0.15, 0.2) is 0 Å². The summed E-state index contributed by atoms with van der Waals surface area (Å²) in [5.41, 5.74) is 7.78. The Labute approximate surface area is 120 Å². The fraction of sp³-hybridized carbons (Fsp3) is 0.636. The minimum absolute atomic E-state index is 0.373. The summed E-state index contributed by atoms with van der Waals surface area (Å²) in [6.07, 6.45) is 0. The Morgan fingerprint density at radius 3 is 2.89 bits per heavy atom. The van der Waals surface area contributed by atoms with Crippen LogP contribution in [-0.2, 0) is 21.8 Å². The molecule has 1 aromatic heterocycles. The molecule has 0 aliphatic heterocycles. The van der Waals surface area contributed by atoms with Gasteiger partial charge in [-0.15, -0.1) is 0 Å². The third-order valence-corrected chi connectivity index (χ3v) is 4.60. The number of aromatic nitrogens is 2. The highest BCUT2D eigenvalue weighted by molar-refractivity contribution is 9.10. The minimum atomic E-state index is -0.571. The number of nitrogens with two attached hydrogens (primary N) is 1. The van der Waals surface area contributed by atoms with E-state index in [-0.39, 0.29) is 5.97 Å². The Balaban J connectivity index is 2.56. The van der Waals surface area contributed by atoms with Crippen molar-refractivity contribution in [1.29, 1.82) is 0 Å². The number of halogens is 1. The van der Waals surface area contributed by atoms with Gasteiger partial charge in [0, 0.05) is 18.1 Å². The maximum Gasteiger partial charge on any atom is 0.323 e. The molecule has 1 heterocycles. The predicted octanol–water partition coefficient (Wildman–Crippen LogP) is 1.71. The van der Waals surface area contributed by atoms with Crippen molar-refractivity contribution in [2.45, 2.75) is 32.2 Å². The summed E-state index contributed by atoms with van der Waals surface area (Å²) < 4.78 is 7.57. The van der Waals surface area contributed by atoms with Gasteiger partial charge in [0.1, 0.15) is 6.04 Å². The van der Waals surface area contributed by atoms with E-state index in [0.29, 0.717) is 5.75 Å². The maximum atomic E-state index is 11.2. The van der Waals surface area contributed by atoms with Crippen LogP contribution in [0.1, 0.15) is 18.3 Å². The van der Waals surface area contributed by atoms with Crippen LogP contribution in [0.25, 0.3) is 0 Å². The van der Waals surface area contributed by atoms with E-state index < -0.39 is 6.04 Å². The van der Waals surface area contributed by atoms with Crippen molar-refractivity contribution in [2.24, 2.45) is 5.73 Å². The van der Waals surface area contributed by atoms with E-state index in [1.807, 2.05) is 18.5 Å². The maximum absolute atomic E-state index is 11.2. The van der Waals surface area contributed by atoms with Gasteiger partial charge in [0.25, 0.3) is 0 Å². The van der Waals surface area contributed by atoms with E-state index in [1.54, 1.807) is 11.8 Å². The molecule has 1 rings (SSSR count). The molecule has 0 aromatic carbocycles. The summed E-state index contributed by atoms with van der Waals surface area (Å²) in [5, 5.41) is 4.41. The van der Waals surface area contributed by atoms with E-state index >= 15 is 0 Å². The van der Waals surface area contributed by atoms with E-state index in [0.717, 1.165) is 28.2 Å². The van der Waals surface area contributed by atoms with Crippen LogP contribution in [0, 0.1) is 6.92 Å². The Bertz CT molecular complexity index is 423. The van der Waals surface area contributed by atoms with Crippen molar-refractivity contribution in [3.63, 3.8) is 0 Å². The summed E-state index contributed by atoms with van der Waals surface area (Å²) in [6, 6.07) is -0.571. The monoisotopic (exact) mass is 335 g/mol. The highest BCUT2D eigenvalue weighted by Gasteiger charge is 2.16. The van der Waals surface area contributed by atoms with Crippen LogP contribution in [0.15, 0.2) is 4.47 Å². The number of methoxy groups -OCH3 is 1. The quantitative estimate of drug-likeness (QED) is 0.801. The minimum Gasteiger partial charge on any atom is -0.468 e. The van der Waals surface area contributed by atoms with Crippen LogP contribution in [0.4, 0.5) is 0 Å². The normalized spacial score (nSPS) is 12.5. The van der Waals surface area contributed by atoms with Crippen molar-refractivity contribution in [3.05, 3.63) is 15.9 Å². The molecule has 7 heteroatoms. The molecule has 1 aromatic rings. The fourth-order valence-electron chi connectivity index (χ4n) is 1.51. The number of hydrogen-bond acceptors (Lipinski definition) is 5. The molecule has 102 valence electrons. The number of aryl methyl sites for hydroxylation is 2. The van der Waals surface area contributed by atoms with Crippen molar-refractivity contribution < 1.29 is 9.53 Å². The van der Waals surface area contributed by atoms with Gasteiger partial charge in [-0.3, -0.25) is 9.48 Å². The highest BCUT2D eigenvalue weighted by atomic mass is 79.9. The molecule has 0 bridgehead atoms. The van der Waals surface area contributed by atoms with Crippen molar-refractivity contribution >= 4 is 33.7 Å². The van der Waals surface area contributed by atoms with Gasteiger partial charge in [-0.1, -0.05) is 0 Å².